The molecule has 2 saturated heterocycles. The standard InChI is InChI=1S/C16H24ClN3/c1-2-18-11-13-5-6-16(15(17)10-13)20-9-8-19-7-3-4-14(19)12-20/h5-6,10,14,18H,2-4,7-9,11-12H2,1H3. The smallest absolute Gasteiger partial charge is 0.0642 e. The van der Waals surface area contributed by atoms with Crippen molar-refractivity contribution in [1.29, 1.82) is 0 Å². The molecule has 0 amide bonds. The molecule has 0 spiro atoms. The fraction of sp³-hybridized carbons (Fsp3) is 0.625. The number of piperazine rings is 1. The van der Waals surface area contributed by atoms with Crippen LogP contribution in [-0.4, -0.2) is 43.7 Å². The van der Waals surface area contributed by atoms with Crippen LogP contribution in [0.2, 0.25) is 5.02 Å². The number of halogens is 1. The molecule has 1 aromatic carbocycles. The summed E-state index contributed by atoms with van der Waals surface area (Å²) < 4.78 is 0. The number of rotatable bonds is 4. The summed E-state index contributed by atoms with van der Waals surface area (Å²) in [5.41, 5.74) is 2.47. The zero-order chi connectivity index (χ0) is 13.9. The molecule has 0 aliphatic carbocycles. The van der Waals surface area contributed by atoms with E-state index < -0.39 is 0 Å². The average Bonchev–Trinajstić information content (AvgIpc) is 2.92. The number of nitrogens with zero attached hydrogens (tertiary/aromatic N) is 2. The second-order valence-corrected chi connectivity index (χ2v) is 6.25. The van der Waals surface area contributed by atoms with Gasteiger partial charge in [0.05, 0.1) is 10.7 Å². The van der Waals surface area contributed by atoms with Crippen LogP contribution in [-0.2, 0) is 6.54 Å². The zero-order valence-corrected chi connectivity index (χ0v) is 13.0. The summed E-state index contributed by atoms with van der Waals surface area (Å²) >= 11 is 6.50. The normalized spacial score (nSPS) is 23.1. The molecule has 2 aliphatic rings. The molecule has 110 valence electrons. The molecule has 1 aromatic rings. The molecule has 3 rings (SSSR count). The first-order valence-electron chi connectivity index (χ1n) is 7.76. The Bertz CT molecular complexity index is 463. The van der Waals surface area contributed by atoms with Crippen LogP contribution in [0.25, 0.3) is 0 Å². The van der Waals surface area contributed by atoms with E-state index in [1.807, 2.05) is 0 Å². The highest BCUT2D eigenvalue weighted by Gasteiger charge is 2.31. The minimum atomic E-state index is 0.737. The van der Waals surface area contributed by atoms with Gasteiger partial charge in [-0.1, -0.05) is 24.6 Å². The fourth-order valence-corrected chi connectivity index (χ4v) is 3.72. The zero-order valence-electron chi connectivity index (χ0n) is 12.2. The SMILES string of the molecule is CCNCc1ccc(N2CCN3CCCC3C2)c(Cl)c1. The van der Waals surface area contributed by atoms with Crippen LogP contribution in [0.1, 0.15) is 25.3 Å². The summed E-state index contributed by atoms with van der Waals surface area (Å²) in [6.07, 6.45) is 2.69. The Morgan fingerprint density at radius 1 is 1.30 bits per heavy atom. The lowest BCUT2D eigenvalue weighted by atomic mass is 10.1. The van der Waals surface area contributed by atoms with Crippen LogP contribution < -0.4 is 10.2 Å². The van der Waals surface area contributed by atoms with Crippen LogP contribution in [0, 0.1) is 0 Å². The van der Waals surface area contributed by atoms with Gasteiger partial charge in [-0.25, -0.2) is 0 Å². The maximum Gasteiger partial charge on any atom is 0.0642 e. The first kappa shape index (κ1) is 14.2. The van der Waals surface area contributed by atoms with Gasteiger partial charge in [0.25, 0.3) is 0 Å². The molecule has 0 bridgehead atoms. The summed E-state index contributed by atoms with van der Waals surface area (Å²) in [7, 11) is 0. The molecule has 3 nitrogen and oxygen atoms in total. The molecule has 2 fully saturated rings. The molecule has 0 radical (unpaired) electrons. The van der Waals surface area contributed by atoms with E-state index in [-0.39, 0.29) is 0 Å². The van der Waals surface area contributed by atoms with Gasteiger partial charge in [-0.3, -0.25) is 4.90 Å². The Hall–Kier alpha value is -0.770. The number of nitrogens with one attached hydrogen (secondary N) is 1. The van der Waals surface area contributed by atoms with Gasteiger partial charge in [0.2, 0.25) is 0 Å². The first-order chi connectivity index (χ1) is 9.78. The van der Waals surface area contributed by atoms with Crippen molar-refractivity contribution < 1.29 is 0 Å². The van der Waals surface area contributed by atoms with Crippen LogP contribution in [0.5, 0.6) is 0 Å². The van der Waals surface area contributed by atoms with Crippen molar-refractivity contribution in [2.45, 2.75) is 32.4 Å². The number of hydrogen-bond acceptors (Lipinski definition) is 3. The predicted octanol–water partition coefficient (Wildman–Crippen LogP) is 2.73. The molecule has 2 aliphatic heterocycles. The van der Waals surface area contributed by atoms with Gasteiger partial charge in [-0.15, -0.1) is 0 Å². The molecule has 2 heterocycles. The lowest BCUT2D eigenvalue weighted by Crippen LogP contribution is -2.50. The Morgan fingerprint density at radius 2 is 2.20 bits per heavy atom. The maximum atomic E-state index is 6.50. The number of hydrogen-bond donors (Lipinski definition) is 1. The Morgan fingerprint density at radius 3 is 3.00 bits per heavy atom. The third-order valence-electron chi connectivity index (χ3n) is 4.52. The van der Waals surface area contributed by atoms with E-state index >= 15 is 0 Å². The Kier molecular flexibility index (Phi) is 4.49. The van der Waals surface area contributed by atoms with E-state index in [9.17, 15) is 0 Å². The van der Waals surface area contributed by atoms with Gasteiger partial charge in [0.1, 0.15) is 0 Å². The molecule has 4 heteroatoms. The van der Waals surface area contributed by atoms with E-state index in [1.165, 1.54) is 37.2 Å². The van der Waals surface area contributed by atoms with E-state index in [0.717, 1.165) is 37.2 Å². The molecule has 20 heavy (non-hydrogen) atoms. The van der Waals surface area contributed by atoms with E-state index in [4.69, 9.17) is 11.6 Å². The van der Waals surface area contributed by atoms with Crippen LogP contribution in [0.3, 0.4) is 0 Å². The van der Waals surface area contributed by atoms with Crippen molar-refractivity contribution in [2.24, 2.45) is 0 Å². The Balaban J connectivity index is 1.70. The second-order valence-electron chi connectivity index (χ2n) is 5.84. The van der Waals surface area contributed by atoms with Crippen LogP contribution in [0.15, 0.2) is 18.2 Å². The minimum absolute atomic E-state index is 0.737. The number of anilines is 1. The molecule has 0 saturated carbocycles. The van der Waals surface area contributed by atoms with Gasteiger partial charge in [-0.2, -0.15) is 0 Å². The Labute approximate surface area is 126 Å². The van der Waals surface area contributed by atoms with Crippen LogP contribution in [0.4, 0.5) is 5.69 Å². The van der Waals surface area contributed by atoms with Gasteiger partial charge < -0.3 is 10.2 Å². The molecule has 1 N–H and O–H groups in total. The van der Waals surface area contributed by atoms with Crippen molar-refractivity contribution in [1.82, 2.24) is 10.2 Å². The minimum Gasteiger partial charge on any atom is -0.367 e. The van der Waals surface area contributed by atoms with Crippen LogP contribution >= 0.6 is 11.6 Å². The number of fused-ring (bicyclic) bond motifs is 1. The molecular weight excluding hydrogens is 270 g/mol. The second kappa shape index (κ2) is 6.33. The van der Waals surface area contributed by atoms with Gasteiger partial charge in [0.15, 0.2) is 0 Å². The number of benzene rings is 1. The summed E-state index contributed by atoms with van der Waals surface area (Å²) in [4.78, 5) is 5.09. The van der Waals surface area contributed by atoms with E-state index in [2.05, 4.69) is 40.2 Å². The summed E-state index contributed by atoms with van der Waals surface area (Å²) in [6, 6.07) is 7.24. The highest BCUT2D eigenvalue weighted by atomic mass is 35.5. The topological polar surface area (TPSA) is 18.5 Å². The highest BCUT2D eigenvalue weighted by Crippen LogP contribution is 2.31. The summed E-state index contributed by atoms with van der Waals surface area (Å²) in [5.74, 6) is 0. The highest BCUT2D eigenvalue weighted by molar-refractivity contribution is 6.33. The van der Waals surface area contributed by atoms with Crippen molar-refractivity contribution in [3.8, 4) is 0 Å². The quantitative estimate of drug-likeness (QED) is 0.921. The van der Waals surface area contributed by atoms with E-state index in [0.29, 0.717) is 0 Å². The molecule has 1 atom stereocenters. The summed E-state index contributed by atoms with van der Waals surface area (Å²) in [5, 5.41) is 4.24. The largest absolute Gasteiger partial charge is 0.367 e. The first-order valence-corrected chi connectivity index (χ1v) is 8.14. The fourth-order valence-electron chi connectivity index (χ4n) is 3.40. The monoisotopic (exact) mass is 293 g/mol. The van der Waals surface area contributed by atoms with Gasteiger partial charge in [0, 0.05) is 32.2 Å². The van der Waals surface area contributed by atoms with Gasteiger partial charge in [-0.05, 0) is 43.6 Å². The van der Waals surface area contributed by atoms with Crippen molar-refractivity contribution in [3.63, 3.8) is 0 Å². The lowest BCUT2D eigenvalue weighted by molar-refractivity contribution is 0.231. The maximum absolute atomic E-state index is 6.50. The van der Waals surface area contributed by atoms with E-state index in [1.54, 1.807) is 0 Å². The molecule has 1 unspecified atom stereocenters. The molecule has 0 aromatic heterocycles. The predicted molar refractivity (Wildman–Crippen MR) is 85.6 cm³/mol. The van der Waals surface area contributed by atoms with Crippen molar-refractivity contribution in [3.05, 3.63) is 28.8 Å². The van der Waals surface area contributed by atoms with Crippen molar-refractivity contribution in [2.75, 3.05) is 37.6 Å². The third kappa shape index (κ3) is 2.95. The average molecular weight is 294 g/mol. The van der Waals surface area contributed by atoms with Crippen molar-refractivity contribution >= 4 is 17.3 Å². The molecular formula is C16H24ClN3. The third-order valence-corrected chi connectivity index (χ3v) is 4.82. The lowest BCUT2D eigenvalue weighted by Gasteiger charge is -2.39. The van der Waals surface area contributed by atoms with Gasteiger partial charge >= 0.3 is 0 Å². The summed E-state index contributed by atoms with van der Waals surface area (Å²) in [6.45, 7) is 8.70.